The Hall–Kier alpha value is 1.88. The quantitative estimate of drug-likeness (QED) is 0.197. The molecule has 0 spiro atoms. The highest BCUT2D eigenvalue weighted by molar-refractivity contribution is 9.12. The van der Waals surface area contributed by atoms with Gasteiger partial charge in [0.05, 0.1) is 31.1 Å². The maximum Gasteiger partial charge on any atom is 0.147 e. The standard InChI is InChI=1S/C23H24Br8O2/c1-23(2,13-7-17(28)21(18(29)8-13)32-5-3-15(26)11-24)14-9-19(30)22(20(31)10-14)33-6-4-16(27)12-25/h7-10,15-16H,3-6,11-12H2,1-2H3. The molecular formula is C23H24Br8O2. The zero-order valence-corrected chi connectivity index (χ0v) is 30.7. The van der Waals surface area contributed by atoms with E-state index >= 15 is 0 Å². The predicted octanol–water partition coefficient (Wildman–Crippen LogP) is 10.9. The zero-order chi connectivity index (χ0) is 24.8. The van der Waals surface area contributed by atoms with Gasteiger partial charge in [0.15, 0.2) is 0 Å². The Bertz CT molecular complexity index is 815. The maximum absolute atomic E-state index is 6.05. The summed E-state index contributed by atoms with van der Waals surface area (Å²) in [6.07, 6.45) is 1.83. The molecule has 0 aliphatic carbocycles. The van der Waals surface area contributed by atoms with Crippen LogP contribution >= 0.6 is 127 Å². The minimum atomic E-state index is -0.249. The Labute approximate surface area is 264 Å². The lowest BCUT2D eigenvalue weighted by Crippen LogP contribution is -2.19. The SMILES string of the molecule is CC(C)(c1cc(Br)c(OCCC(Br)CBr)c(Br)c1)c1cc(Br)c(OCCC(Br)CBr)c(Br)c1. The highest BCUT2D eigenvalue weighted by atomic mass is 79.9. The molecule has 10 heteroatoms. The molecule has 0 N–H and O–H groups in total. The van der Waals surface area contributed by atoms with E-state index in [9.17, 15) is 0 Å². The van der Waals surface area contributed by atoms with E-state index in [1.54, 1.807) is 0 Å². The van der Waals surface area contributed by atoms with Crippen LogP contribution in [0.15, 0.2) is 42.2 Å². The molecule has 0 aromatic heterocycles. The van der Waals surface area contributed by atoms with Crippen LogP contribution in [0.25, 0.3) is 0 Å². The van der Waals surface area contributed by atoms with Crippen LogP contribution in [0.4, 0.5) is 0 Å². The van der Waals surface area contributed by atoms with Crippen molar-refractivity contribution in [2.45, 2.75) is 41.8 Å². The summed E-state index contributed by atoms with van der Waals surface area (Å²) in [6.45, 7) is 5.70. The molecule has 2 aromatic carbocycles. The van der Waals surface area contributed by atoms with Crippen molar-refractivity contribution in [3.63, 3.8) is 0 Å². The van der Waals surface area contributed by atoms with Crippen LogP contribution in [-0.2, 0) is 5.41 Å². The molecule has 2 unspecified atom stereocenters. The third kappa shape index (κ3) is 8.99. The molecule has 0 radical (unpaired) electrons. The van der Waals surface area contributed by atoms with Crippen molar-refractivity contribution in [2.75, 3.05) is 23.9 Å². The summed E-state index contributed by atoms with van der Waals surface area (Å²) in [7, 11) is 0. The molecule has 0 heterocycles. The third-order valence-electron chi connectivity index (χ3n) is 5.13. The van der Waals surface area contributed by atoms with Crippen molar-refractivity contribution in [3.05, 3.63) is 53.3 Å². The fourth-order valence-electron chi connectivity index (χ4n) is 3.02. The summed E-state index contributed by atoms with van der Waals surface area (Å²) in [4.78, 5) is 0.782. The molecule has 0 aliphatic rings. The first-order valence-corrected chi connectivity index (χ1v) is 17.4. The average Bonchev–Trinajstić information content (AvgIpc) is 2.76. The Balaban J connectivity index is 2.24. The van der Waals surface area contributed by atoms with Crippen molar-refractivity contribution < 1.29 is 9.47 Å². The van der Waals surface area contributed by atoms with Crippen LogP contribution in [0.2, 0.25) is 0 Å². The number of ether oxygens (including phenoxy) is 2. The largest absolute Gasteiger partial charge is 0.491 e. The first kappa shape index (κ1) is 31.1. The average molecular weight is 972 g/mol. The molecule has 0 fully saturated rings. The van der Waals surface area contributed by atoms with Gasteiger partial charge in [-0.2, -0.15) is 0 Å². The summed E-state index contributed by atoms with van der Waals surface area (Å²) < 4.78 is 15.8. The molecule has 0 aliphatic heterocycles. The van der Waals surface area contributed by atoms with Crippen molar-refractivity contribution in [3.8, 4) is 11.5 Å². The molecule has 2 nitrogen and oxygen atoms in total. The Morgan fingerprint density at radius 1 is 0.667 bits per heavy atom. The lowest BCUT2D eigenvalue weighted by molar-refractivity contribution is 0.308. The van der Waals surface area contributed by atoms with Gasteiger partial charge in [0.2, 0.25) is 0 Å². The van der Waals surface area contributed by atoms with E-state index in [4.69, 9.17) is 9.47 Å². The van der Waals surface area contributed by atoms with Gasteiger partial charge in [-0.25, -0.2) is 0 Å². The molecular weight excluding hydrogens is 947 g/mol. The number of rotatable bonds is 12. The number of benzene rings is 2. The molecule has 2 aromatic rings. The number of hydrogen-bond donors (Lipinski definition) is 0. The third-order valence-corrected chi connectivity index (χ3v) is 12.3. The van der Waals surface area contributed by atoms with Gasteiger partial charge in [0.1, 0.15) is 11.5 Å². The molecule has 0 amide bonds. The van der Waals surface area contributed by atoms with Crippen LogP contribution < -0.4 is 9.47 Å². The maximum atomic E-state index is 6.05. The molecule has 0 saturated carbocycles. The van der Waals surface area contributed by atoms with Gasteiger partial charge >= 0.3 is 0 Å². The van der Waals surface area contributed by atoms with Crippen LogP contribution in [0.1, 0.15) is 37.8 Å². The highest BCUT2D eigenvalue weighted by Gasteiger charge is 2.27. The van der Waals surface area contributed by atoms with Crippen LogP contribution in [-0.4, -0.2) is 33.5 Å². The van der Waals surface area contributed by atoms with Crippen LogP contribution in [0, 0.1) is 0 Å². The van der Waals surface area contributed by atoms with Gasteiger partial charge in [-0.05, 0) is 112 Å². The summed E-state index contributed by atoms with van der Waals surface area (Å²) in [5, 5.41) is 1.79. The van der Waals surface area contributed by atoms with Gasteiger partial charge in [-0.1, -0.05) is 77.6 Å². The second kappa shape index (κ2) is 14.7. The molecule has 184 valence electrons. The molecule has 2 rings (SSSR count). The lowest BCUT2D eigenvalue weighted by atomic mass is 9.78. The first-order chi connectivity index (χ1) is 15.5. The smallest absolute Gasteiger partial charge is 0.147 e. The Kier molecular flexibility index (Phi) is 13.9. The van der Waals surface area contributed by atoms with Gasteiger partial charge in [0, 0.05) is 25.7 Å². The van der Waals surface area contributed by atoms with E-state index in [1.807, 2.05) is 0 Å². The topological polar surface area (TPSA) is 18.5 Å². The summed E-state index contributed by atoms with van der Waals surface area (Å²) in [5.74, 6) is 1.65. The predicted molar refractivity (Wildman–Crippen MR) is 169 cm³/mol. The summed E-state index contributed by atoms with van der Waals surface area (Å²) in [6, 6.07) is 8.55. The molecule has 0 saturated heterocycles. The summed E-state index contributed by atoms with van der Waals surface area (Å²) >= 11 is 29.0. The number of alkyl halides is 4. The number of halogens is 8. The minimum absolute atomic E-state index is 0.249. The normalized spacial score (nSPS) is 13.6. The second-order valence-electron chi connectivity index (χ2n) is 7.94. The van der Waals surface area contributed by atoms with Gasteiger partial charge in [-0.3, -0.25) is 0 Å². The van der Waals surface area contributed by atoms with Gasteiger partial charge < -0.3 is 9.47 Å². The van der Waals surface area contributed by atoms with E-state index in [-0.39, 0.29) is 5.41 Å². The summed E-state index contributed by atoms with van der Waals surface area (Å²) in [5.41, 5.74) is 2.08. The zero-order valence-electron chi connectivity index (χ0n) is 18.0. The van der Waals surface area contributed by atoms with Crippen molar-refractivity contribution in [2.24, 2.45) is 0 Å². The Morgan fingerprint density at radius 2 is 0.970 bits per heavy atom. The van der Waals surface area contributed by atoms with E-state index in [0.717, 1.165) is 52.9 Å². The first-order valence-electron chi connectivity index (χ1n) is 10.2. The van der Waals surface area contributed by atoms with E-state index in [2.05, 4.69) is 166 Å². The van der Waals surface area contributed by atoms with Crippen molar-refractivity contribution >= 4 is 127 Å². The lowest BCUT2D eigenvalue weighted by Gasteiger charge is -2.28. The van der Waals surface area contributed by atoms with Crippen molar-refractivity contribution in [1.82, 2.24) is 0 Å². The second-order valence-corrected chi connectivity index (χ2v) is 15.2. The van der Waals surface area contributed by atoms with Gasteiger partial charge in [0.25, 0.3) is 0 Å². The fourth-order valence-corrected chi connectivity index (χ4v) is 6.87. The van der Waals surface area contributed by atoms with E-state index in [1.165, 1.54) is 11.1 Å². The molecule has 33 heavy (non-hydrogen) atoms. The van der Waals surface area contributed by atoms with Gasteiger partial charge in [-0.15, -0.1) is 0 Å². The van der Waals surface area contributed by atoms with Crippen LogP contribution in [0.3, 0.4) is 0 Å². The minimum Gasteiger partial charge on any atom is -0.491 e. The fraction of sp³-hybridized carbons (Fsp3) is 0.478. The highest BCUT2D eigenvalue weighted by Crippen LogP contribution is 2.44. The molecule has 0 bridgehead atoms. The molecule has 2 atom stereocenters. The van der Waals surface area contributed by atoms with E-state index < -0.39 is 0 Å². The van der Waals surface area contributed by atoms with Crippen LogP contribution in [0.5, 0.6) is 11.5 Å². The number of hydrogen-bond acceptors (Lipinski definition) is 2. The van der Waals surface area contributed by atoms with Crippen molar-refractivity contribution in [1.29, 1.82) is 0 Å². The Morgan fingerprint density at radius 3 is 1.24 bits per heavy atom. The van der Waals surface area contributed by atoms with E-state index in [0.29, 0.717) is 22.9 Å². The monoisotopic (exact) mass is 964 g/mol.